The molecule has 110 valence electrons. The van der Waals surface area contributed by atoms with Crippen molar-refractivity contribution in [2.24, 2.45) is 5.92 Å². The lowest BCUT2D eigenvalue weighted by Crippen LogP contribution is -2.32. The number of hydrogen-bond acceptors (Lipinski definition) is 4. The van der Waals surface area contributed by atoms with E-state index < -0.39 is 0 Å². The molecule has 2 fully saturated rings. The van der Waals surface area contributed by atoms with Crippen LogP contribution in [-0.4, -0.2) is 36.6 Å². The number of hydrogen-bond donors (Lipinski definition) is 1. The second kappa shape index (κ2) is 5.84. The van der Waals surface area contributed by atoms with Crippen LogP contribution in [0.25, 0.3) is 0 Å². The number of amides is 1. The lowest BCUT2D eigenvalue weighted by atomic mass is 10.0. The van der Waals surface area contributed by atoms with Crippen molar-refractivity contribution in [3.05, 3.63) is 21.9 Å². The quantitative estimate of drug-likeness (QED) is 0.926. The number of rotatable bonds is 4. The summed E-state index contributed by atoms with van der Waals surface area (Å²) in [5, 5.41) is 3.41. The predicted molar refractivity (Wildman–Crippen MR) is 79.7 cm³/mol. The summed E-state index contributed by atoms with van der Waals surface area (Å²) in [7, 11) is 0. The van der Waals surface area contributed by atoms with Crippen LogP contribution in [0.5, 0.6) is 0 Å². The van der Waals surface area contributed by atoms with Gasteiger partial charge < -0.3 is 9.64 Å². The lowest BCUT2D eigenvalue weighted by molar-refractivity contribution is -0.130. The van der Waals surface area contributed by atoms with Crippen molar-refractivity contribution in [1.82, 2.24) is 10.2 Å². The van der Waals surface area contributed by atoms with Crippen molar-refractivity contribution in [2.75, 3.05) is 19.8 Å². The molecule has 2 aliphatic heterocycles. The molecule has 1 aromatic heterocycles. The van der Waals surface area contributed by atoms with Gasteiger partial charge in [0.15, 0.2) is 0 Å². The van der Waals surface area contributed by atoms with Crippen molar-refractivity contribution in [3.63, 3.8) is 0 Å². The topological polar surface area (TPSA) is 41.6 Å². The molecule has 2 aliphatic rings. The molecule has 0 radical (unpaired) electrons. The normalized spacial score (nSPS) is 30.4. The number of carbonyl (C=O) groups is 1. The molecular weight excluding hydrogens is 272 g/mol. The number of thiophene rings is 1. The highest BCUT2D eigenvalue weighted by Gasteiger charge is 2.37. The molecule has 20 heavy (non-hydrogen) atoms. The van der Waals surface area contributed by atoms with Crippen molar-refractivity contribution in [2.45, 2.75) is 38.9 Å². The maximum atomic E-state index is 12.3. The second-order valence-electron chi connectivity index (χ2n) is 5.79. The first-order valence-electron chi connectivity index (χ1n) is 7.36. The Morgan fingerprint density at radius 2 is 2.35 bits per heavy atom. The first kappa shape index (κ1) is 14.0. The van der Waals surface area contributed by atoms with Crippen LogP contribution in [0.3, 0.4) is 0 Å². The zero-order chi connectivity index (χ0) is 14.1. The summed E-state index contributed by atoms with van der Waals surface area (Å²) in [5.74, 6) is 0.837. The number of ether oxygens (including phenoxy) is 1. The van der Waals surface area contributed by atoms with E-state index in [0.29, 0.717) is 5.92 Å². The minimum atomic E-state index is -0.0813. The van der Waals surface area contributed by atoms with Gasteiger partial charge in [-0.15, -0.1) is 11.3 Å². The Labute approximate surface area is 124 Å². The van der Waals surface area contributed by atoms with Gasteiger partial charge in [0, 0.05) is 29.5 Å². The molecule has 3 unspecified atom stereocenters. The van der Waals surface area contributed by atoms with Crippen molar-refractivity contribution in [3.8, 4) is 0 Å². The number of aryl methyl sites for hydroxylation is 1. The maximum Gasteiger partial charge on any atom is 0.241 e. The highest BCUT2D eigenvalue weighted by Crippen LogP contribution is 2.31. The summed E-state index contributed by atoms with van der Waals surface area (Å²) in [6, 6.07) is 4.18. The van der Waals surface area contributed by atoms with E-state index in [1.807, 2.05) is 11.8 Å². The number of nitrogens with one attached hydrogen (secondary N) is 1. The Kier molecular flexibility index (Phi) is 4.10. The zero-order valence-electron chi connectivity index (χ0n) is 12.1. The molecular formula is C15H22N2O2S. The van der Waals surface area contributed by atoms with Gasteiger partial charge in [-0.25, -0.2) is 0 Å². The molecule has 3 atom stereocenters. The molecule has 1 amide bonds. The third kappa shape index (κ3) is 2.75. The smallest absolute Gasteiger partial charge is 0.241 e. The number of carbonyl (C=O) groups excluding carboxylic acids is 1. The fourth-order valence-corrected chi connectivity index (χ4v) is 3.93. The van der Waals surface area contributed by atoms with Crippen LogP contribution >= 0.6 is 11.3 Å². The molecule has 0 saturated carbocycles. The van der Waals surface area contributed by atoms with E-state index >= 15 is 0 Å². The molecule has 1 N–H and O–H groups in total. The van der Waals surface area contributed by atoms with Crippen molar-refractivity contribution in [1.29, 1.82) is 0 Å². The van der Waals surface area contributed by atoms with Gasteiger partial charge >= 0.3 is 0 Å². The predicted octanol–water partition coefficient (Wildman–Crippen LogP) is 2.30. The average Bonchev–Trinajstić information content (AvgIpc) is 3.12. The minimum absolute atomic E-state index is 0.0542. The van der Waals surface area contributed by atoms with Gasteiger partial charge in [-0.1, -0.05) is 0 Å². The molecule has 5 heteroatoms. The summed E-state index contributed by atoms with van der Waals surface area (Å²) >= 11 is 1.77. The van der Waals surface area contributed by atoms with E-state index in [9.17, 15) is 4.79 Å². The van der Waals surface area contributed by atoms with Gasteiger partial charge in [0.1, 0.15) is 6.17 Å². The van der Waals surface area contributed by atoms with Crippen LogP contribution in [-0.2, 0) is 9.53 Å². The van der Waals surface area contributed by atoms with Gasteiger partial charge in [0.05, 0.1) is 6.04 Å². The third-order valence-corrected chi connectivity index (χ3v) is 5.26. The molecule has 0 bridgehead atoms. The van der Waals surface area contributed by atoms with Gasteiger partial charge in [-0.2, -0.15) is 0 Å². The molecule has 1 aromatic rings. The van der Waals surface area contributed by atoms with Gasteiger partial charge in [-0.3, -0.25) is 10.1 Å². The maximum absolute atomic E-state index is 12.3. The lowest BCUT2D eigenvalue weighted by Gasteiger charge is -2.24. The highest BCUT2D eigenvalue weighted by atomic mass is 32.1. The van der Waals surface area contributed by atoms with E-state index in [4.69, 9.17) is 4.74 Å². The second-order valence-corrected chi connectivity index (χ2v) is 7.11. The van der Waals surface area contributed by atoms with E-state index in [1.165, 1.54) is 9.75 Å². The fourth-order valence-electron chi connectivity index (χ4n) is 2.98. The average molecular weight is 294 g/mol. The Hall–Kier alpha value is -0.910. The summed E-state index contributed by atoms with van der Waals surface area (Å²) in [6.07, 6.45) is 2.23. The van der Waals surface area contributed by atoms with Crippen molar-refractivity contribution < 1.29 is 9.53 Å². The van der Waals surface area contributed by atoms with E-state index in [2.05, 4.69) is 24.4 Å². The Balaban J connectivity index is 1.69. The van der Waals surface area contributed by atoms with E-state index in [1.54, 1.807) is 11.3 Å². The van der Waals surface area contributed by atoms with E-state index in [0.717, 1.165) is 32.6 Å². The number of nitrogens with zero attached hydrogens (tertiary/aromatic N) is 1. The first-order chi connectivity index (χ1) is 9.65. The van der Waals surface area contributed by atoms with Crippen LogP contribution in [0, 0.1) is 12.8 Å². The SMILES string of the molecule is Cc1ccc(C2NC(C)C(=O)N2CCC2CCOC2)s1. The zero-order valence-corrected chi connectivity index (χ0v) is 12.9. The molecule has 4 nitrogen and oxygen atoms in total. The summed E-state index contributed by atoms with van der Waals surface area (Å²) in [6.45, 7) is 6.61. The van der Waals surface area contributed by atoms with E-state index in [-0.39, 0.29) is 18.1 Å². The van der Waals surface area contributed by atoms with Crippen LogP contribution in [0.4, 0.5) is 0 Å². The summed E-state index contributed by atoms with van der Waals surface area (Å²) in [4.78, 5) is 16.9. The largest absolute Gasteiger partial charge is 0.381 e. The van der Waals surface area contributed by atoms with Crippen molar-refractivity contribution >= 4 is 17.2 Å². The van der Waals surface area contributed by atoms with Crippen LogP contribution in [0.2, 0.25) is 0 Å². The minimum Gasteiger partial charge on any atom is -0.381 e. The Morgan fingerprint density at radius 3 is 3.00 bits per heavy atom. The monoisotopic (exact) mass is 294 g/mol. The molecule has 2 saturated heterocycles. The fraction of sp³-hybridized carbons (Fsp3) is 0.667. The van der Waals surface area contributed by atoms with Crippen LogP contribution in [0.1, 0.15) is 35.7 Å². The summed E-state index contributed by atoms with van der Waals surface area (Å²) < 4.78 is 5.42. The molecule has 0 spiro atoms. The molecule has 0 aliphatic carbocycles. The third-order valence-electron chi connectivity index (χ3n) is 4.21. The molecule has 3 rings (SSSR count). The Bertz CT molecular complexity index is 482. The van der Waals surface area contributed by atoms with Gasteiger partial charge in [0.2, 0.25) is 5.91 Å². The van der Waals surface area contributed by atoms with Gasteiger partial charge in [0.25, 0.3) is 0 Å². The van der Waals surface area contributed by atoms with Crippen LogP contribution < -0.4 is 5.32 Å². The highest BCUT2D eigenvalue weighted by molar-refractivity contribution is 7.12. The van der Waals surface area contributed by atoms with Gasteiger partial charge in [-0.05, 0) is 44.7 Å². The molecule has 3 heterocycles. The Morgan fingerprint density at radius 1 is 1.50 bits per heavy atom. The first-order valence-corrected chi connectivity index (χ1v) is 8.17. The standard InChI is InChI=1S/C15H22N2O2S/c1-10-3-4-13(20-10)14-16-11(2)15(18)17(14)7-5-12-6-8-19-9-12/h3-4,11-12,14,16H,5-9H2,1-2H3. The van der Waals surface area contributed by atoms with Crippen LogP contribution in [0.15, 0.2) is 12.1 Å². The summed E-state index contributed by atoms with van der Waals surface area (Å²) in [5.41, 5.74) is 0. The molecule has 0 aromatic carbocycles.